The summed E-state index contributed by atoms with van der Waals surface area (Å²) in [4.78, 5) is 42.2. The van der Waals surface area contributed by atoms with Crippen LogP contribution in [-0.4, -0.2) is 39.7 Å². The predicted octanol–water partition coefficient (Wildman–Crippen LogP) is 3.77. The summed E-state index contributed by atoms with van der Waals surface area (Å²) in [6.45, 7) is 7.71. The fraction of sp³-hybridized carbons (Fsp3) is 0.423. The van der Waals surface area contributed by atoms with E-state index in [0.29, 0.717) is 6.54 Å². The van der Waals surface area contributed by atoms with Crippen molar-refractivity contribution in [1.29, 1.82) is 0 Å². The molecule has 4 amide bonds. The minimum atomic E-state index is -1.17. The van der Waals surface area contributed by atoms with Crippen LogP contribution in [-0.2, 0) is 34.5 Å². The van der Waals surface area contributed by atoms with Crippen LogP contribution in [0.5, 0.6) is 0 Å². The maximum atomic E-state index is 13.4. The average Bonchev–Trinajstić information content (AvgIpc) is 3.30. The summed E-state index contributed by atoms with van der Waals surface area (Å²) in [5.74, 6) is -0.648. The van der Waals surface area contributed by atoms with Gasteiger partial charge in [0.25, 0.3) is 5.91 Å². The highest BCUT2D eigenvalue weighted by Crippen LogP contribution is 2.33. The number of aryl methyl sites for hydroxylation is 2. The molecule has 0 spiro atoms. The summed E-state index contributed by atoms with van der Waals surface area (Å²) in [7, 11) is 0. The zero-order chi connectivity index (χ0) is 23.1. The first-order valence-corrected chi connectivity index (χ1v) is 11.2. The second kappa shape index (κ2) is 8.08. The Hall–Kier alpha value is -3.15. The van der Waals surface area contributed by atoms with Gasteiger partial charge in [0.1, 0.15) is 12.1 Å². The van der Waals surface area contributed by atoms with Gasteiger partial charge in [-0.25, -0.2) is 4.79 Å². The summed E-state index contributed by atoms with van der Waals surface area (Å²) in [6.07, 6.45) is 3.15. The van der Waals surface area contributed by atoms with Gasteiger partial charge in [0, 0.05) is 12.1 Å². The molecule has 1 unspecified atom stereocenters. The van der Waals surface area contributed by atoms with Crippen molar-refractivity contribution in [3.8, 4) is 0 Å². The first kappa shape index (κ1) is 22.1. The molecule has 1 fully saturated rings. The molecular formula is C26H31N3O3. The number of nitrogens with one attached hydrogen (secondary N) is 1. The van der Waals surface area contributed by atoms with E-state index in [4.69, 9.17) is 0 Å². The fourth-order valence-corrected chi connectivity index (χ4v) is 4.61. The minimum Gasteiger partial charge on any atom is -0.332 e. The maximum absolute atomic E-state index is 13.4. The number of benzene rings is 2. The van der Waals surface area contributed by atoms with Gasteiger partial charge in [-0.2, -0.15) is 0 Å². The van der Waals surface area contributed by atoms with E-state index in [1.165, 1.54) is 11.1 Å². The van der Waals surface area contributed by atoms with Crippen LogP contribution in [0.3, 0.4) is 0 Å². The molecule has 1 N–H and O–H groups in total. The third-order valence-electron chi connectivity index (χ3n) is 6.54. The highest BCUT2D eigenvalue weighted by Gasteiger charge is 2.50. The fourth-order valence-electron chi connectivity index (χ4n) is 4.61. The molecule has 0 radical (unpaired) electrons. The Bertz CT molecular complexity index is 1060. The van der Waals surface area contributed by atoms with E-state index >= 15 is 0 Å². The van der Waals surface area contributed by atoms with Gasteiger partial charge in [-0.05, 0) is 69.2 Å². The van der Waals surface area contributed by atoms with E-state index in [9.17, 15) is 14.4 Å². The predicted molar refractivity (Wildman–Crippen MR) is 123 cm³/mol. The molecule has 1 aliphatic carbocycles. The summed E-state index contributed by atoms with van der Waals surface area (Å²) >= 11 is 0. The van der Waals surface area contributed by atoms with Crippen LogP contribution in [0.4, 0.5) is 4.79 Å². The molecular weight excluding hydrogens is 402 g/mol. The monoisotopic (exact) mass is 433 g/mol. The van der Waals surface area contributed by atoms with E-state index in [2.05, 4.69) is 11.4 Å². The van der Waals surface area contributed by atoms with E-state index in [1.54, 1.807) is 11.8 Å². The molecule has 0 aromatic heterocycles. The summed E-state index contributed by atoms with van der Waals surface area (Å²) < 4.78 is 0. The van der Waals surface area contributed by atoms with Crippen LogP contribution in [0.15, 0.2) is 48.5 Å². The van der Waals surface area contributed by atoms with Gasteiger partial charge in [0.15, 0.2) is 0 Å². The van der Waals surface area contributed by atoms with Crippen molar-refractivity contribution in [2.45, 2.75) is 64.6 Å². The third kappa shape index (κ3) is 4.01. The lowest BCUT2D eigenvalue weighted by Gasteiger charge is -2.36. The van der Waals surface area contributed by atoms with Crippen molar-refractivity contribution >= 4 is 17.8 Å². The third-order valence-corrected chi connectivity index (χ3v) is 6.54. The van der Waals surface area contributed by atoms with Crippen molar-refractivity contribution in [3.63, 3.8) is 0 Å². The Kier molecular flexibility index (Phi) is 5.57. The number of fused-ring (bicyclic) bond motifs is 1. The van der Waals surface area contributed by atoms with E-state index in [-0.39, 0.29) is 18.4 Å². The van der Waals surface area contributed by atoms with Crippen molar-refractivity contribution in [3.05, 3.63) is 70.8 Å². The quantitative estimate of drug-likeness (QED) is 0.730. The molecule has 1 aliphatic heterocycles. The molecule has 2 aromatic rings. The van der Waals surface area contributed by atoms with Crippen molar-refractivity contribution < 1.29 is 14.4 Å². The van der Waals surface area contributed by atoms with Gasteiger partial charge in [-0.1, -0.05) is 48.5 Å². The zero-order valence-electron chi connectivity index (χ0n) is 19.3. The van der Waals surface area contributed by atoms with Crippen LogP contribution in [0.1, 0.15) is 56.4 Å². The molecule has 2 aromatic carbocycles. The lowest BCUT2D eigenvalue weighted by Crippen LogP contribution is -2.50. The van der Waals surface area contributed by atoms with Gasteiger partial charge in [0.05, 0.1) is 0 Å². The standard InChI is InChI=1S/C26H31N3O3/c1-25(2,3)29(16-18-9-6-5-7-10-18)22(30)17-28-23(31)26(4,27-24(28)32)21-14-13-19-11-8-12-20(19)15-21/h5-7,9-10,13-15H,8,11-12,16-17H2,1-4H3,(H,27,32). The van der Waals surface area contributed by atoms with E-state index in [0.717, 1.165) is 35.3 Å². The van der Waals surface area contributed by atoms with Crippen LogP contribution in [0, 0.1) is 0 Å². The lowest BCUT2D eigenvalue weighted by atomic mass is 9.89. The van der Waals surface area contributed by atoms with Crippen molar-refractivity contribution in [1.82, 2.24) is 15.1 Å². The van der Waals surface area contributed by atoms with Crippen LogP contribution >= 0.6 is 0 Å². The lowest BCUT2D eigenvalue weighted by molar-refractivity contribution is -0.142. The van der Waals surface area contributed by atoms with E-state index in [1.807, 2.05) is 63.2 Å². The molecule has 32 heavy (non-hydrogen) atoms. The summed E-state index contributed by atoms with van der Waals surface area (Å²) in [6, 6.07) is 15.2. The highest BCUT2D eigenvalue weighted by molar-refractivity contribution is 6.09. The largest absolute Gasteiger partial charge is 0.332 e. The molecule has 1 heterocycles. The Morgan fingerprint density at radius 1 is 1.06 bits per heavy atom. The molecule has 1 atom stereocenters. The molecule has 4 rings (SSSR count). The van der Waals surface area contributed by atoms with Gasteiger partial charge in [0.2, 0.25) is 5.91 Å². The van der Waals surface area contributed by atoms with Crippen LogP contribution in [0.25, 0.3) is 0 Å². The Balaban J connectivity index is 1.55. The van der Waals surface area contributed by atoms with Crippen molar-refractivity contribution in [2.24, 2.45) is 0 Å². The molecule has 0 saturated carbocycles. The first-order chi connectivity index (χ1) is 15.1. The topological polar surface area (TPSA) is 69.7 Å². The molecule has 1 saturated heterocycles. The number of carbonyl (C=O) groups excluding carboxylic acids is 3. The van der Waals surface area contributed by atoms with Gasteiger partial charge in [-0.15, -0.1) is 0 Å². The zero-order valence-corrected chi connectivity index (χ0v) is 19.3. The Morgan fingerprint density at radius 3 is 2.44 bits per heavy atom. The van der Waals surface area contributed by atoms with Gasteiger partial charge in [-0.3, -0.25) is 14.5 Å². The number of hydrogen-bond acceptors (Lipinski definition) is 3. The van der Waals surface area contributed by atoms with Crippen LogP contribution in [0.2, 0.25) is 0 Å². The Labute approximate surface area is 189 Å². The number of hydrogen-bond donors (Lipinski definition) is 1. The summed E-state index contributed by atoms with van der Waals surface area (Å²) in [5.41, 5.74) is 2.68. The maximum Gasteiger partial charge on any atom is 0.325 e. The number of urea groups is 1. The second-order valence-electron chi connectivity index (χ2n) is 9.92. The molecule has 6 nitrogen and oxygen atoms in total. The molecule has 168 valence electrons. The number of nitrogens with zero attached hydrogens (tertiary/aromatic N) is 2. The van der Waals surface area contributed by atoms with Gasteiger partial charge < -0.3 is 10.2 Å². The molecule has 2 aliphatic rings. The second-order valence-corrected chi connectivity index (χ2v) is 9.92. The number of amides is 4. The minimum absolute atomic E-state index is 0.261. The highest BCUT2D eigenvalue weighted by atomic mass is 16.2. The molecule has 6 heteroatoms. The van der Waals surface area contributed by atoms with Gasteiger partial charge >= 0.3 is 6.03 Å². The number of carbonyl (C=O) groups is 3. The average molecular weight is 434 g/mol. The molecule has 0 bridgehead atoms. The normalized spacial score (nSPS) is 20.3. The van der Waals surface area contributed by atoms with Crippen molar-refractivity contribution in [2.75, 3.05) is 6.54 Å². The Morgan fingerprint density at radius 2 is 1.75 bits per heavy atom. The summed E-state index contributed by atoms with van der Waals surface area (Å²) in [5, 5.41) is 2.84. The SMILES string of the molecule is CC1(c2ccc3c(c2)CCC3)NC(=O)N(CC(=O)N(Cc2ccccc2)C(C)(C)C)C1=O. The van der Waals surface area contributed by atoms with E-state index < -0.39 is 17.1 Å². The first-order valence-electron chi connectivity index (χ1n) is 11.2. The number of rotatable bonds is 5. The smallest absolute Gasteiger partial charge is 0.325 e. The van der Waals surface area contributed by atoms with Crippen LogP contribution < -0.4 is 5.32 Å². The number of imide groups is 1.